The second kappa shape index (κ2) is 11.1. The first-order valence-corrected chi connectivity index (χ1v) is 13.0. The van der Waals surface area contributed by atoms with E-state index in [-0.39, 0.29) is 12.1 Å². The van der Waals surface area contributed by atoms with Crippen LogP contribution >= 0.6 is 0 Å². The number of urea groups is 1. The van der Waals surface area contributed by atoms with Gasteiger partial charge in [0.25, 0.3) is 0 Å². The molecule has 0 unspecified atom stereocenters. The normalized spacial score (nSPS) is 18.8. The Balaban J connectivity index is 1.50. The summed E-state index contributed by atoms with van der Waals surface area (Å²) < 4.78 is 34.8. The summed E-state index contributed by atoms with van der Waals surface area (Å²) in [6, 6.07) is 12.6. The van der Waals surface area contributed by atoms with Gasteiger partial charge in [-0.2, -0.15) is 0 Å². The fraction of sp³-hybridized carbons (Fsp3) is 0.276. The number of fused-ring (bicyclic) bond motifs is 2. The van der Waals surface area contributed by atoms with Crippen LogP contribution in [0.4, 0.5) is 25.1 Å². The number of benzene rings is 2. The quantitative estimate of drug-likeness (QED) is 0.317. The molecule has 206 valence electrons. The van der Waals surface area contributed by atoms with E-state index in [0.29, 0.717) is 35.7 Å². The molecule has 0 bridgehead atoms. The summed E-state index contributed by atoms with van der Waals surface area (Å²) in [6.45, 7) is 2.79. The molecule has 0 spiro atoms. The molecule has 0 radical (unpaired) electrons. The van der Waals surface area contributed by atoms with Crippen molar-refractivity contribution in [2.75, 3.05) is 43.6 Å². The van der Waals surface area contributed by atoms with Gasteiger partial charge in [0.05, 0.1) is 31.0 Å². The molecular formula is C29H28F2N6O3. The number of hydroxylamine groups is 1. The number of piperidine rings is 1. The fourth-order valence-electron chi connectivity index (χ4n) is 5.55. The van der Waals surface area contributed by atoms with E-state index in [0.717, 1.165) is 47.7 Å². The first-order chi connectivity index (χ1) is 19.5. The Morgan fingerprint density at radius 3 is 2.77 bits per heavy atom. The van der Waals surface area contributed by atoms with Gasteiger partial charge in [-0.25, -0.2) is 24.0 Å². The molecule has 6 rings (SSSR count). The molecule has 3 N–H and O–H groups in total. The molecule has 4 heterocycles. The standard InChI is InChI=1S/C29H28F2N6O3/c1-39-36-29(38)35-28-21(3-2-7-33-28)17-4-5-24-22(13-17)27(37-9-6-25-26(16-37)40-10-8-32-25)23(15-34-24)18-11-19(30)14-20(31)12-18/h2-5,7,11-15,25-26,32H,6,8-10,16H2,1H3,(H2,33,35,36,38)/t25-,26-/m1/s1. The lowest BCUT2D eigenvalue weighted by molar-refractivity contribution is -0.00896. The maximum absolute atomic E-state index is 14.4. The molecule has 2 amide bonds. The summed E-state index contributed by atoms with van der Waals surface area (Å²) >= 11 is 0. The fourth-order valence-corrected chi connectivity index (χ4v) is 5.55. The first kappa shape index (κ1) is 26.1. The molecular weight excluding hydrogens is 518 g/mol. The lowest BCUT2D eigenvalue weighted by Crippen LogP contribution is -2.57. The highest BCUT2D eigenvalue weighted by molar-refractivity contribution is 6.02. The number of morpholine rings is 1. The summed E-state index contributed by atoms with van der Waals surface area (Å²) in [7, 11) is 1.34. The predicted molar refractivity (Wildman–Crippen MR) is 148 cm³/mol. The van der Waals surface area contributed by atoms with E-state index < -0.39 is 17.7 Å². The number of carbonyl (C=O) groups excluding carboxylic acids is 1. The highest BCUT2D eigenvalue weighted by atomic mass is 19.1. The van der Waals surface area contributed by atoms with Crippen LogP contribution in [0.5, 0.6) is 0 Å². The average Bonchev–Trinajstić information content (AvgIpc) is 2.96. The van der Waals surface area contributed by atoms with E-state index >= 15 is 0 Å². The minimum absolute atomic E-state index is 0.0144. The molecule has 2 aromatic heterocycles. The van der Waals surface area contributed by atoms with Gasteiger partial charge < -0.3 is 15.0 Å². The summed E-state index contributed by atoms with van der Waals surface area (Å²) in [5.41, 5.74) is 6.25. The third-order valence-electron chi connectivity index (χ3n) is 7.27. The van der Waals surface area contributed by atoms with Gasteiger partial charge in [-0.15, -0.1) is 0 Å². The van der Waals surface area contributed by atoms with E-state index in [1.165, 1.54) is 19.2 Å². The van der Waals surface area contributed by atoms with E-state index in [4.69, 9.17) is 9.57 Å². The lowest BCUT2D eigenvalue weighted by atomic mass is 9.94. The molecule has 0 saturated carbocycles. The topological polar surface area (TPSA) is 101 Å². The minimum Gasteiger partial charge on any atom is -0.373 e. The maximum atomic E-state index is 14.4. The van der Waals surface area contributed by atoms with Crippen LogP contribution in [-0.4, -0.2) is 61.5 Å². The summed E-state index contributed by atoms with van der Waals surface area (Å²) in [4.78, 5) is 28.1. The lowest BCUT2D eigenvalue weighted by Gasteiger charge is -2.43. The zero-order valence-corrected chi connectivity index (χ0v) is 21.8. The van der Waals surface area contributed by atoms with Crippen LogP contribution in [0.2, 0.25) is 0 Å². The predicted octanol–water partition coefficient (Wildman–Crippen LogP) is 4.49. The number of halogens is 2. The SMILES string of the molecule is CONC(=O)Nc1ncccc1-c1ccc2ncc(-c3cc(F)cc(F)c3)c(N3CC[C@H]4NCCO[C@@H]4C3)c2c1. The maximum Gasteiger partial charge on any atom is 0.344 e. The highest BCUT2D eigenvalue weighted by Crippen LogP contribution is 2.40. The molecule has 2 aliphatic rings. The van der Waals surface area contributed by atoms with Crippen LogP contribution in [0.15, 0.2) is 60.9 Å². The smallest absolute Gasteiger partial charge is 0.344 e. The molecule has 0 aliphatic carbocycles. The zero-order chi connectivity index (χ0) is 27.6. The third kappa shape index (κ3) is 5.18. The van der Waals surface area contributed by atoms with Crippen molar-refractivity contribution in [3.63, 3.8) is 0 Å². The number of hydrogen-bond acceptors (Lipinski definition) is 7. The van der Waals surface area contributed by atoms with Crippen LogP contribution < -0.4 is 21.0 Å². The number of carbonyl (C=O) groups is 1. The molecule has 2 saturated heterocycles. The second-order valence-electron chi connectivity index (χ2n) is 9.77. The largest absolute Gasteiger partial charge is 0.373 e. The summed E-state index contributed by atoms with van der Waals surface area (Å²) in [5.74, 6) is -0.973. The van der Waals surface area contributed by atoms with Crippen LogP contribution in [0.3, 0.4) is 0 Å². The number of anilines is 2. The van der Waals surface area contributed by atoms with Crippen molar-refractivity contribution in [1.82, 2.24) is 20.8 Å². The molecule has 2 aliphatic heterocycles. The molecule has 11 heteroatoms. The van der Waals surface area contributed by atoms with E-state index in [2.05, 4.69) is 31.0 Å². The Bertz CT molecular complexity index is 1550. The van der Waals surface area contributed by atoms with Crippen LogP contribution in [0.25, 0.3) is 33.2 Å². The number of hydrogen-bond donors (Lipinski definition) is 3. The van der Waals surface area contributed by atoms with Gasteiger partial charge in [0, 0.05) is 60.6 Å². The van der Waals surface area contributed by atoms with E-state index in [1.54, 1.807) is 18.5 Å². The molecule has 4 aromatic rings. The third-order valence-corrected chi connectivity index (χ3v) is 7.27. The van der Waals surface area contributed by atoms with E-state index in [9.17, 15) is 13.6 Å². The monoisotopic (exact) mass is 546 g/mol. The number of nitrogens with zero attached hydrogens (tertiary/aromatic N) is 3. The Morgan fingerprint density at radius 1 is 1.10 bits per heavy atom. The molecule has 2 aromatic carbocycles. The number of nitrogens with one attached hydrogen (secondary N) is 3. The van der Waals surface area contributed by atoms with Crippen molar-refractivity contribution in [3.05, 3.63) is 72.6 Å². The molecule has 2 fully saturated rings. The summed E-state index contributed by atoms with van der Waals surface area (Å²) in [5, 5.41) is 7.04. The number of aromatic nitrogens is 2. The van der Waals surface area contributed by atoms with Gasteiger partial charge >= 0.3 is 6.03 Å². The average molecular weight is 547 g/mol. The Hall–Kier alpha value is -4.19. The molecule has 40 heavy (non-hydrogen) atoms. The molecule has 2 atom stereocenters. The Morgan fingerprint density at radius 2 is 1.95 bits per heavy atom. The Labute approximate surface area is 229 Å². The highest BCUT2D eigenvalue weighted by Gasteiger charge is 2.33. The van der Waals surface area contributed by atoms with Gasteiger partial charge in [-0.3, -0.25) is 15.1 Å². The summed E-state index contributed by atoms with van der Waals surface area (Å²) in [6.07, 6.45) is 4.10. The second-order valence-corrected chi connectivity index (χ2v) is 9.77. The van der Waals surface area contributed by atoms with Crippen molar-refractivity contribution in [2.24, 2.45) is 0 Å². The Kier molecular flexibility index (Phi) is 7.25. The van der Waals surface area contributed by atoms with Crippen LogP contribution in [0, 0.1) is 11.6 Å². The number of ether oxygens (including phenoxy) is 1. The van der Waals surface area contributed by atoms with Crippen molar-refractivity contribution in [1.29, 1.82) is 0 Å². The number of amides is 2. The van der Waals surface area contributed by atoms with Gasteiger partial charge in [-0.1, -0.05) is 6.07 Å². The van der Waals surface area contributed by atoms with Crippen molar-refractivity contribution < 1.29 is 23.1 Å². The van der Waals surface area contributed by atoms with Crippen molar-refractivity contribution in [2.45, 2.75) is 18.6 Å². The van der Waals surface area contributed by atoms with Gasteiger partial charge in [0.1, 0.15) is 17.5 Å². The number of rotatable bonds is 5. The van der Waals surface area contributed by atoms with Gasteiger partial charge in [-0.05, 0) is 53.9 Å². The number of pyridine rings is 2. The van der Waals surface area contributed by atoms with Gasteiger partial charge in [0.2, 0.25) is 0 Å². The first-order valence-electron chi connectivity index (χ1n) is 13.0. The van der Waals surface area contributed by atoms with Gasteiger partial charge in [0.15, 0.2) is 0 Å². The van der Waals surface area contributed by atoms with Crippen molar-refractivity contribution >= 4 is 28.4 Å². The zero-order valence-electron chi connectivity index (χ0n) is 21.8. The van der Waals surface area contributed by atoms with Crippen LogP contribution in [-0.2, 0) is 9.57 Å². The molecule has 9 nitrogen and oxygen atoms in total. The minimum atomic E-state index is -0.659. The van der Waals surface area contributed by atoms with E-state index in [1.807, 2.05) is 24.3 Å². The van der Waals surface area contributed by atoms with Crippen LogP contribution in [0.1, 0.15) is 6.42 Å². The van der Waals surface area contributed by atoms with Crippen molar-refractivity contribution in [3.8, 4) is 22.3 Å².